The zero-order valence-corrected chi connectivity index (χ0v) is 8.90. The number of rotatable bonds is 4. The molecule has 1 aliphatic carbocycles. The van der Waals surface area contributed by atoms with Gasteiger partial charge in [0.2, 0.25) is 0 Å². The van der Waals surface area contributed by atoms with Gasteiger partial charge < -0.3 is 5.32 Å². The molecule has 0 saturated heterocycles. The lowest BCUT2D eigenvalue weighted by Crippen LogP contribution is -2.04. The van der Waals surface area contributed by atoms with Crippen LogP contribution < -0.4 is 5.32 Å². The Labute approximate surface area is 90.1 Å². The maximum Gasteiger partial charge on any atom is 0.140 e. The topological polar surface area (TPSA) is 48.7 Å². The normalized spacial score (nSPS) is 23.2. The molecular formula is C12H15N3. The van der Waals surface area contributed by atoms with E-state index in [1.165, 1.54) is 19.3 Å². The number of hydrogen-bond acceptors (Lipinski definition) is 3. The predicted octanol–water partition coefficient (Wildman–Crippen LogP) is 2.55. The standard InChI is InChI=1S/C12H15N3/c1-2-3-9-6-12(9)15-11-5-4-10(7-13)14-8-11/h4-5,8-9,12,15H,2-3,6H2,1H3. The Morgan fingerprint density at radius 2 is 2.47 bits per heavy atom. The minimum absolute atomic E-state index is 0.474. The molecule has 1 aromatic rings. The molecule has 0 aliphatic heterocycles. The third-order valence-electron chi connectivity index (χ3n) is 2.81. The maximum atomic E-state index is 8.60. The number of hydrogen-bond donors (Lipinski definition) is 1. The van der Waals surface area contributed by atoms with Crippen molar-refractivity contribution in [3.05, 3.63) is 24.0 Å². The Hall–Kier alpha value is -1.56. The monoisotopic (exact) mass is 201 g/mol. The molecule has 2 rings (SSSR count). The van der Waals surface area contributed by atoms with E-state index in [0.717, 1.165) is 11.6 Å². The first-order chi connectivity index (χ1) is 7.33. The fourth-order valence-corrected chi connectivity index (χ4v) is 1.87. The smallest absolute Gasteiger partial charge is 0.140 e. The molecule has 3 nitrogen and oxygen atoms in total. The molecule has 1 N–H and O–H groups in total. The Bertz CT molecular complexity index is 363. The Kier molecular flexibility index (Phi) is 2.86. The number of nitrogens with one attached hydrogen (secondary N) is 1. The second-order valence-electron chi connectivity index (χ2n) is 4.08. The third kappa shape index (κ3) is 2.47. The van der Waals surface area contributed by atoms with Crippen LogP contribution in [-0.2, 0) is 0 Å². The van der Waals surface area contributed by atoms with Crippen molar-refractivity contribution in [2.45, 2.75) is 32.2 Å². The highest BCUT2D eigenvalue weighted by Gasteiger charge is 2.35. The first-order valence-corrected chi connectivity index (χ1v) is 5.46. The van der Waals surface area contributed by atoms with Crippen molar-refractivity contribution < 1.29 is 0 Å². The minimum atomic E-state index is 0.474. The van der Waals surface area contributed by atoms with Gasteiger partial charge in [-0.2, -0.15) is 5.26 Å². The van der Waals surface area contributed by atoms with Gasteiger partial charge in [0, 0.05) is 6.04 Å². The molecule has 2 unspecified atom stereocenters. The van der Waals surface area contributed by atoms with Crippen molar-refractivity contribution in [3.8, 4) is 6.07 Å². The number of pyridine rings is 1. The fraction of sp³-hybridized carbons (Fsp3) is 0.500. The van der Waals surface area contributed by atoms with Crippen LogP contribution in [0.25, 0.3) is 0 Å². The lowest BCUT2D eigenvalue weighted by molar-refractivity contribution is 0.693. The van der Waals surface area contributed by atoms with Crippen molar-refractivity contribution in [3.63, 3.8) is 0 Å². The van der Waals surface area contributed by atoms with Crippen LogP contribution in [0.1, 0.15) is 31.9 Å². The summed E-state index contributed by atoms with van der Waals surface area (Å²) in [5.74, 6) is 0.839. The van der Waals surface area contributed by atoms with E-state index < -0.39 is 0 Å². The Balaban J connectivity index is 1.88. The molecule has 1 fully saturated rings. The SMILES string of the molecule is CCCC1CC1Nc1ccc(C#N)nc1. The summed E-state index contributed by atoms with van der Waals surface area (Å²) in [4.78, 5) is 4.03. The number of aromatic nitrogens is 1. The Morgan fingerprint density at radius 3 is 3.07 bits per heavy atom. The Morgan fingerprint density at radius 1 is 1.60 bits per heavy atom. The van der Waals surface area contributed by atoms with Crippen LogP contribution in [0.3, 0.4) is 0 Å². The number of nitrogens with zero attached hydrogens (tertiary/aromatic N) is 2. The molecule has 15 heavy (non-hydrogen) atoms. The molecule has 0 radical (unpaired) electrons. The third-order valence-corrected chi connectivity index (χ3v) is 2.81. The van der Waals surface area contributed by atoms with Crippen molar-refractivity contribution in [2.75, 3.05) is 5.32 Å². The van der Waals surface area contributed by atoms with E-state index in [-0.39, 0.29) is 0 Å². The van der Waals surface area contributed by atoms with E-state index in [1.54, 1.807) is 12.3 Å². The van der Waals surface area contributed by atoms with Crippen LogP contribution in [0.5, 0.6) is 0 Å². The summed E-state index contributed by atoms with van der Waals surface area (Å²) in [6, 6.07) is 6.31. The summed E-state index contributed by atoms with van der Waals surface area (Å²) in [6.45, 7) is 2.22. The fourth-order valence-electron chi connectivity index (χ4n) is 1.87. The van der Waals surface area contributed by atoms with Gasteiger partial charge in [-0.3, -0.25) is 0 Å². The summed E-state index contributed by atoms with van der Waals surface area (Å²) >= 11 is 0. The van der Waals surface area contributed by atoms with Crippen LogP contribution in [0.2, 0.25) is 0 Å². The quantitative estimate of drug-likeness (QED) is 0.814. The van der Waals surface area contributed by atoms with Gasteiger partial charge in [0.15, 0.2) is 0 Å². The molecule has 1 saturated carbocycles. The van der Waals surface area contributed by atoms with Gasteiger partial charge >= 0.3 is 0 Å². The summed E-state index contributed by atoms with van der Waals surface area (Å²) in [7, 11) is 0. The van der Waals surface area contributed by atoms with Gasteiger partial charge in [0.1, 0.15) is 11.8 Å². The van der Waals surface area contributed by atoms with Crippen molar-refractivity contribution in [2.24, 2.45) is 5.92 Å². The molecule has 78 valence electrons. The molecular weight excluding hydrogens is 186 g/mol. The molecule has 3 heteroatoms. The molecule has 0 spiro atoms. The molecule has 0 amide bonds. The highest BCUT2D eigenvalue weighted by Crippen LogP contribution is 2.36. The summed E-state index contributed by atoms with van der Waals surface area (Å²) in [5, 5.41) is 12.0. The van der Waals surface area contributed by atoms with Crippen LogP contribution in [-0.4, -0.2) is 11.0 Å². The summed E-state index contributed by atoms with van der Waals surface area (Å²) < 4.78 is 0. The van der Waals surface area contributed by atoms with Crippen molar-refractivity contribution >= 4 is 5.69 Å². The molecule has 0 bridgehead atoms. The summed E-state index contributed by atoms with van der Waals surface area (Å²) in [5.41, 5.74) is 1.50. The predicted molar refractivity (Wildman–Crippen MR) is 59.4 cm³/mol. The van der Waals surface area contributed by atoms with Gasteiger partial charge in [0.25, 0.3) is 0 Å². The molecule has 2 atom stereocenters. The zero-order valence-electron chi connectivity index (χ0n) is 8.90. The van der Waals surface area contributed by atoms with E-state index >= 15 is 0 Å². The van der Waals surface area contributed by atoms with Gasteiger partial charge in [-0.1, -0.05) is 13.3 Å². The second kappa shape index (κ2) is 4.31. The zero-order chi connectivity index (χ0) is 10.7. The molecule has 0 aromatic carbocycles. The van der Waals surface area contributed by atoms with Crippen molar-refractivity contribution in [1.82, 2.24) is 4.98 Å². The lowest BCUT2D eigenvalue weighted by Gasteiger charge is -2.04. The van der Waals surface area contributed by atoms with Crippen molar-refractivity contribution in [1.29, 1.82) is 5.26 Å². The number of anilines is 1. The van der Waals surface area contributed by atoms with Gasteiger partial charge in [0.05, 0.1) is 11.9 Å². The molecule has 1 aliphatic rings. The van der Waals surface area contributed by atoms with Gasteiger partial charge in [-0.15, -0.1) is 0 Å². The van der Waals surface area contributed by atoms with E-state index in [1.807, 2.05) is 12.1 Å². The maximum absolute atomic E-state index is 8.60. The van der Waals surface area contributed by atoms with E-state index in [9.17, 15) is 0 Å². The van der Waals surface area contributed by atoms with E-state index in [2.05, 4.69) is 17.2 Å². The van der Waals surface area contributed by atoms with Crippen LogP contribution in [0, 0.1) is 17.2 Å². The summed E-state index contributed by atoms with van der Waals surface area (Å²) in [6.07, 6.45) is 5.57. The highest BCUT2D eigenvalue weighted by molar-refractivity contribution is 5.45. The average Bonchev–Trinajstić information content (AvgIpc) is 2.98. The number of nitriles is 1. The average molecular weight is 201 g/mol. The van der Waals surface area contributed by atoms with Gasteiger partial charge in [-0.25, -0.2) is 4.98 Å². The molecule has 1 heterocycles. The first kappa shape index (κ1) is 9.97. The van der Waals surface area contributed by atoms with E-state index in [4.69, 9.17) is 5.26 Å². The van der Waals surface area contributed by atoms with Crippen LogP contribution in [0.15, 0.2) is 18.3 Å². The first-order valence-electron chi connectivity index (χ1n) is 5.46. The van der Waals surface area contributed by atoms with Gasteiger partial charge in [-0.05, 0) is 30.9 Å². The highest BCUT2D eigenvalue weighted by atomic mass is 15.0. The lowest BCUT2D eigenvalue weighted by atomic mass is 10.2. The minimum Gasteiger partial charge on any atom is -0.381 e. The molecule has 1 aromatic heterocycles. The largest absolute Gasteiger partial charge is 0.381 e. The van der Waals surface area contributed by atoms with Crippen LogP contribution in [0.4, 0.5) is 5.69 Å². The second-order valence-corrected chi connectivity index (χ2v) is 4.08. The van der Waals surface area contributed by atoms with Crippen LogP contribution >= 0.6 is 0 Å². The van der Waals surface area contributed by atoms with E-state index in [0.29, 0.717) is 11.7 Å².